The zero-order valence-electron chi connectivity index (χ0n) is 18.1. The number of carbonyl (C=O) groups is 1. The van der Waals surface area contributed by atoms with Gasteiger partial charge in [0.1, 0.15) is 11.0 Å². The number of thiophene rings is 1. The van der Waals surface area contributed by atoms with E-state index in [4.69, 9.17) is 0 Å². The number of benzene rings is 2. The number of amides is 1. The molecule has 1 amide bonds. The van der Waals surface area contributed by atoms with Crippen molar-refractivity contribution in [2.45, 2.75) is 39.7 Å². The van der Waals surface area contributed by atoms with Crippen LogP contribution >= 0.6 is 11.3 Å². The molecule has 1 atom stereocenters. The van der Waals surface area contributed by atoms with Crippen molar-refractivity contribution in [1.29, 1.82) is 0 Å². The molecule has 2 heterocycles. The fourth-order valence-corrected chi connectivity index (χ4v) is 5.62. The van der Waals surface area contributed by atoms with Gasteiger partial charge in [0.2, 0.25) is 0 Å². The van der Waals surface area contributed by atoms with Gasteiger partial charge >= 0.3 is 0 Å². The summed E-state index contributed by atoms with van der Waals surface area (Å²) in [4.78, 5) is 15.8. The Morgan fingerprint density at radius 3 is 2.23 bits per heavy atom. The molecule has 3 aromatic rings. The second-order valence-electron chi connectivity index (χ2n) is 8.53. The maximum atomic E-state index is 13.0. The van der Waals surface area contributed by atoms with Crippen LogP contribution in [0.1, 0.15) is 57.7 Å². The van der Waals surface area contributed by atoms with E-state index in [-0.39, 0.29) is 11.9 Å². The summed E-state index contributed by atoms with van der Waals surface area (Å²) in [6.45, 7) is 9.07. The minimum atomic E-state index is -0.0350. The Labute approximate surface area is 183 Å². The Hall–Kier alpha value is -2.43. The highest BCUT2D eigenvalue weighted by atomic mass is 32.1. The number of likely N-dealkylation sites (tertiary alicyclic amines) is 1. The van der Waals surface area contributed by atoms with E-state index in [0.717, 1.165) is 10.9 Å². The molecule has 30 heavy (non-hydrogen) atoms. The lowest BCUT2D eigenvalue weighted by Crippen LogP contribution is -3.13. The molecular weight excluding hydrogens is 388 g/mol. The summed E-state index contributed by atoms with van der Waals surface area (Å²) in [6, 6.07) is 20.6. The fourth-order valence-electron chi connectivity index (χ4n) is 4.52. The van der Waals surface area contributed by atoms with Crippen molar-refractivity contribution >= 4 is 22.2 Å². The van der Waals surface area contributed by atoms with Gasteiger partial charge in [-0.2, -0.15) is 0 Å². The number of hydrogen-bond acceptors (Lipinski definition) is 2. The Morgan fingerprint density at radius 2 is 1.60 bits per heavy atom. The molecule has 0 radical (unpaired) electrons. The highest BCUT2D eigenvalue weighted by Crippen LogP contribution is 2.38. The van der Waals surface area contributed by atoms with Crippen molar-refractivity contribution in [1.82, 2.24) is 0 Å². The van der Waals surface area contributed by atoms with E-state index in [0.29, 0.717) is 5.56 Å². The van der Waals surface area contributed by atoms with E-state index >= 15 is 0 Å². The molecule has 1 aromatic heterocycles. The van der Waals surface area contributed by atoms with Gasteiger partial charge in [-0.1, -0.05) is 55.5 Å². The van der Waals surface area contributed by atoms with Crippen molar-refractivity contribution in [3.63, 3.8) is 0 Å². The predicted octanol–water partition coefficient (Wildman–Crippen LogP) is 5.02. The predicted molar refractivity (Wildman–Crippen MR) is 126 cm³/mol. The monoisotopic (exact) mass is 419 g/mol. The average molecular weight is 420 g/mol. The van der Waals surface area contributed by atoms with E-state index < -0.39 is 0 Å². The van der Waals surface area contributed by atoms with Crippen molar-refractivity contribution in [3.8, 4) is 0 Å². The first-order valence-corrected chi connectivity index (χ1v) is 11.7. The van der Waals surface area contributed by atoms with Crippen molar-refractivity contribution < 1.29 is 9.69 Å². The maximum Gasteiger partial charge on any atom is 0.256 e. The van der Waals surface area contributed by atoms with E-state index in [1.807, 2.05) is 30.3 Å². The number of hydrogen-bond donors (Lipinski definition) is 2. The standard InChI is InChI=1S/C26H30N2OS/c1-18-14-16-28(17-15-18)24(21-10-6-4-7-11-21)23-19(2)20(3)30-26(23)27-25(29)22-12-8-5-9-13-22/h4-13,18,24H,14-17H2,1-3H3,(H,27,29)/p+1/t24-/m1/s1. The number of nitrogens with one attached hydrogen (secondary N) is 2. The lowest BCUT2D eigenvalue weighted by Gasteiger charge is -2.34. The number of aryl methyl sites for hydroxylation is 1. The Kier molecular flexibility index (Phi) is 6.35. The summed E-state index contributed by atoms with van der Waals surface area (Å²) in [7, 11) is 0. The summed E-state index contributed by atoms with van der Waals surface area (Å²) >= 11 is 1.71. The molecule has 4 rings (SSSR count). The van der Waals surface area contributed by atoms with Gasteiger partial charge in [0.25, 0.3) is 5.91 Å². The second-order valence-corrected chi connectivity index (χ2v) is 9.76. The van der Waals surface area contributed by atoms with Crippen LogP contribution in [0, 0.1) is 19.8 Å². The second kappa shape index (κ2) is 9.15. The molecular formula is C26H31N2OS+. The minimum Gasteiger partial charge on any atom is -0.325 e. The van der Waals surface area contributed by atoms with Crippen molar-refractivity contribution in [2.24, 2.45) is 5.92 Å². The first-order valence-electron chi connectivity index (χ1n) is 10.9. The van der Waals surface area contributed by atoms with Gasteiger partial charge in [-0.15, -0.1) is 11.3 Å². The molecule has 0 aliphatic carbocycles. The number of quaternary nitrogens is 1. The lowest BCUT2D eigenvalue weighted by atomic mass is 9.91. The SMILES string of the molecule is Cc1sc(NC(=O)c2ccccc2)c([C@@H](c2ccccc2)[NH+]2CCC(C)CC2)c1C. The molecule has 3 nitrogen and oxygen atoms in total. The van der Waals surface area contributed by atoms with E-state index in [1.165, 1.54) is 47.5 Å². The molecule has 2 N–H and O–H groups in total. The molecule has 1 fully saturated rings. The van der Waals surface area contributed by atoms with Gasteiger partial charge in [0, 0.05) is 16.0 Å². The van der Waals surface area contributed by atoms with Crippen LogP contribution in [0.25, 0.3) is 0 Å². The van der Waals surface area contributed by atoms with Crippen LogP contribution in [0.15, 0.2) is 60.7 Å². The number of anilines is 1. The van der Waals surface area contributed by atoms with E-state index in [2.05, 4.69) is 56.4 Å². The van der Waals surface area contributed by atoms with Crippen LogP contribution < -0.4 is 10.2 Å². The van der Waals surface area contributed by atoms with Gasteiger partial charge in [-0.3, -0.25) is 4.79 Å². The molecule has 156 valence electrons. The molecule has 1 aliphatic heterocycles. The number of rotatable bonds is 5. The first-order chi connectivity index (χ1) is 14.5. The van der Waals surface area contributed by atoms with Crippen LogP contribution in [0.5, 0.6) is 0 Å². The van der Waals surface area contributed by atoms with Gasteiger partial charge in [-0.05, 0) is 50.3 Å². The molecule has 0 spiro atoms. The Morgan fingerprint density at radius 1 is 1.00 bits per heavy atom. The summed E-state index contributed by atoms with van der Waals surface area (Å²) < 4.78 is 0. The summed E-state index contributed by atoms with van der Waals surface area (Å²) in [5.41, 5.74) is 4.63. The minimum absolute atomic E-state index is 0.0350. The quantitative estimate of drug-likeness (QED) is 0.598. The van der Waals surface area contributed by atoms with Crippen LogP contribution in [0.4, 0.5) is 5.00 Å². The topological polar surface area (TPSA) is 33.5 Å². The van der Waals surface area contributed by atoms with E-state index in [1.54, 1.807) is 16.2 Å². The highest BCUT2D eigenvalue weighted by molar-refractivity contribution is 7.16. The van der Waals surface area contributed by atoms with Crippen LogP contribution in [0.2, 0.25) is 0 Å². The molecule has 2 aromatic carbocycles. The molecule has 0 bridgehead atoms. The van der Waals surface area contributed by atoms with Crippen LogP contribution in [-0.4, -0.2) is 19.0 Å². The van der Waals surface area contributed by atoms with Crippen LogP contribution in [-0.2, 0) is 0 Å². The summed E-state index contributed by atoms with van der Waals surface area (Å²) in [6.07, 6.45) is 2.51. The zero-order chi connectivity index (χ0) is 21.1. The van der Waals surface area contributed by atoms with Crippen molar-refractivity contribution in [3.05, 3.63) is 87.8 Å². The van der Waals surface area contributed by atoms with Gasteiger partial charge in [0.15, 0.2) is 0 Å². The van der Waals surface area contributed by atoms with Crippen LogP contribution in [0.3, 0.4) is 0 Å². The van der Waals surface area contributed by atoms with Gasteiger partial charge < -0.3 is 10.2 Å². The molecule has 0 saturated carbocycles. The first kappa shape index (κ1) is 20.8. The van der Waals surface area contributed by atoms with Gasteiger partial charge in [-0.25, -0.2) is 0 Å². The maximum absolute atomic E-state index is 13.0. The number of piperidine rings is 1. The third kappa shape index (κ3) is 4.35. The lowest BCUT2D eigenvalue weighted by molar-refractivity contribution is -0.931. The third-order valence-corrected chi connectivity index (χ3v) is 7.58. The molecule has 1 aliphatic rings. The van der Waals surface area contributed by atoms with E-state index in [9.17, 15) is 4.79 Å². The zero-order valence-corrected chi connectivity index (χ0v) is 18.9. The largest absolute Gasteiger partial charge is 0.325 e. The Bertz CT molecular complexity index is 989. The van der Waals surface area contributed by atoms with Crippen molar-refractivity contribution in [2.75, 3.05) is 18.4 Å². The summed E-state index contributed by atoms with van der Waals surface area (Å²) in [5, 5.41) is 4.25. The average Bonchev–Trinajstić information content (AvgIpc) is 3.04. The molecule has 0 unspecified atom stereocenters. The summed E-state index contributed by atoms with van der Waals surface area (Å²) in [5.74, 6) is 0.764. The smallest absolute Gasteiger partial charge is 0.256 e. The normalized spacial score (nSPS) is 20.0. The highest BCUT2D eigenvalue weighted by Gasteiger charge is 2.34. The third-order valence-electron chi connectivity index (χ3n) is 6.44. The van der Waals surface area contributed by atoms with Gasteiger partial charge in [0.05, 0.1) is 18.7 Å². The molecule has 4 heteroatoms. The molecule has 1 saturated heterocycles. The number of carbonyl (C=O) groups excluding carboxylic acids is 1. The Balaban J connectivity index is 1.74. The fraction of sp³-hybridized carbons (Fsp3) is 0.346.